The fourth-order valence-electron chi connectivity index (χ4n) is 0.494. The predicted molar refractivity (Wildman–Crippen MR) is 37.3 cm³/mol. The third-order valence-corrected chi connectivity index (χ3v) is 0.883. The van der Waals surface area contributed by atoms with Crippen LogP contribution in [0.1, 0.15) is 5.69 Å². The third-order valence-electron chi connectivity index (χ3n) is 0.883. The Bertz CT molecular complexity index is 253. The average Bonchev–Trinajstić information content (AvgIpc) is 2.39. The van der Waals surface area contributed by atoms with Gasteiger partial charge in [0.2, 0.25) is 0 Å². The molecule has 11 heavy (non-hydrogen) atoms. The molecule has 58 valence electrons. The lowest BCUT2D eigenvalue weighted by Crippen LogP contribution is -2.13. The van der Waals surface area contributed by atoms with Crippen LogP contribution in [0.5, 0.6) is 0 Å². The molecule has 0 aliphatic rings. The van der Waals surface area contributed by atoms with Crippen LogP contribution in [0.2, 0.25) is 0 Å². The van der Waals surface area contributed by atoms with Gasteiger partial charge in [-0.1, -0.05) is 0 Å². The summed E-state index contributed by atoms with van der Waals surface area (Å²) < 4.78 is 0. The molecule has 3 N–H and O–H groups in total. The molecule has 0 radical (unpaired) electrons. The number of aromatic amines is 1. The lowest BCUT2D eigenvalue weighted by molar-refractivity contribution is 0.195. The molecule has 6 heteroatoms. The first kappa shape index (κ1) is 7.26. The number of carboxylic acid groups (broad SMARTS) is 1. The monoisotopic (exact) mass is 154 g/mol. The van der Waals surface area contributed by atoms with Crippen LogP contribution in [0.3, 0.4) is 0 Å². The summed E-state index contributed by atoms with van der Waals surface area (Å²) in [5.74, 6) is 0. The molecule has 6 nitrogen and oxygen atoms in total. The number of nitrogens with one attached hydrogen (secondary N) is 2. The number of H-pyrrole nitrogens is 1. The summed E-state index contributed by atoms with van der Waals surface area (Å²) in [5.41, 5.74) is 2.46. The standard InChI is InChI=1S/C5H6N4O2/c10-5(11)9-8-2-4-1-6-3-7-4/h1-3,9H,(H,6,7)(H,10,11)/b8-2+. The van der Waals surface area contributed by atoms with E-state index in [9.17, 15) is 4.79 Å². The van der Waals surface area contributed by atoms with E-state index in [0.29, 0.717) is 5.69 Å². The number of hydrogen-bond acceptors (Lipinski definition) is 3. The van der Waals surface area contributed by atoms with Crippen molar-refractivity contribution in [1.29, 1.82) is 0 Å². The van der Waals surface area contributed by atoms with Gasteiger partial charge in [-0.05, 0) is 0 Å². The van der Waals surface area contributed by atoms with Crippen molar-refractivity contribution >= 4 is 12.3 Å². The second-order valence-corrected chi connectivity index (χ2v) is 1.68. The van der Waals surface area contributed by atoms with Crippen molar-refractivity contribution in [2.45, 2.75) is 0 Å². The van der Waals surface area contributed by atoms with Crippen molar-refractivity contribution in [2.75, 3.05) is 0 Å². The first-order chi connectivity index (χ1) is 5.29. The molecule has 1 heterocycles. The first-order valence-corrected chi connectivity index (χ1v) is 2.79. The van der Waals surface area contributed by atoms with Crippen molar-refractivity contribution in [3.8, 4) is 0 Å². The molecular weight excluding hydrogens is 148 g/mol. The van der Waals surface area contributed by atoms with Crippen molar-refractivity contribution in [3.05, 3.63) is 18.2 Å². The van der Waals surface area contributed by atoms with E-state index in [0.717, 1.165) is 0 Å². The quantitative estimate of drug-likeness (QED) is 0.414. The van der Waals surface area contributed by atoms with E-state index in [1.165, 1.54) is 18.7 Å². The molecule has 0 saturated heterocycles. The highest BCUT2D eigenvalue weighted by Gasteiger charge is 1.88. The number of nitrogens with zero attached hydrogens (tertiary/aromatic N) is 2. The highest BCUT2D eigenvalue weighted by atomic mass is 16.4. The summed E-state index contributed by atoms with van der Waals surface area (Å²) in [6, 6.07) is 0. The number of hydrazone groups is 1. The fraction of sp³-hybridized carbons (Fsp3) is 0. The average molecular weight is 154 g/mol. The van der Waals surface area contributed by atoms with E-state index in [2.05, 4.69) is 15.1 Å². The molecule has 0 unspecified atom stereocenters. The molecule has 0 aromatic carbocycles. The van der Waals surface area contributed by atoms with Crippen LogP contribution in [-0.2, 0) is 0 Å². The summed E-state index contributed by atoms with van der Waals surface area (Å²) in [6.07, 6.45) is 3.12. The van der Waals surface area contributed by atoms with Crippen molar-refractivity contribution in [1.82, 2.24) is 15.4 Å². The Morgan fingerprint density at radius 1 is 1.91 bits per heavy atom. The number of amides is 1. The molecule has 0 fully saturated rings. The van der Waals surface area contributed by atoms with Crippen LogP contribution in [0, 0.1) is 0 Å². The van der Waals surface area contributed by atoms with E-state index < -0.39 is 6.09 Å². The molecule has 0 aliphatic heterocycles. The van der Waals surface area contributed by atoms with E-state index in [1.807, 2.05) is 5.43 Å². The van der Waals surface area contributed by atoms with E-state index in [-0.39, 0.29) is 0 Å². The van der Waals surface area contributed by atoms with E-state index >= 15 is 0 Å². The maximum Gasteiger partial charge on any atom is 0.425 e. The van der Waals surface area contributed by atoms with Gasteiger partial charge in [-0.15, -0.1) is 0 Å². The Kier molecular flexibility index (Phi) is 2.21. The van der Waals surface area contributed by atoms with Gasteiger partial charge in [0.05, 0.1) is 24.4 Å². The van der Waals surface area contributed by atoms with Gasteiger partial charge >= 0.3 is 6.09 Å². The molecule has 1 aromatic heterocycles. The molecule has 0 aliphatic carbocycles. The van der Waals surface area contributed by atoms with Gasteiger partial charge < -0.3 is 10.1 Å². The van der Waals surface area contributed by atoms with E-state index in [1.54, 1.807) is 0 Å². The maximum atomic E-state index is 9.88. The van der Waals surface area contributed by atoms with E-state index in [4.69, 9.17) is 5.11 Å². The van der Waals surface area contributed by atoms with Gasteiger partial charge in [0, 0.05) is 0 Å². The number of aromatic nitrogens is 2. The van der Waals surface area contributed by atoms with Gasteiger partial charge in [-0.25, -0.2) is 15.2 Å². The second kappa shape index (κ2) is 3.35. The van der Waals surface area contributed by atoms with Crippen LogP contribution in [-0.4, -0.2) is 27.4 Å². The minimum absolute atomic E-state index is 0.638. The Morgan fingerprint density at radius 2 is 2.73 bits per heavy atom. The topological polar surface area (TPSA) is 90.4 Å². The van der Waals surface area contributed by atoms with Crippen molar-refractivity contribution in [3.63, 3.8) is 0 Å². The zero-order valence-corrected chi connectivity index (χ0v) is 5.48. The smallest absolute Gasteiger partial charge is 0.425 e. The SMILES string of the molecule is O=C(O)N/N=C/c1cnc[nH]1. The van der Waals surface area contributed by atoms with Gasteiger partial charge in [-0.3, -0.25) is 0 Å². The summed E-state index contributed by atoms with van der Waals surface area (Å²) in [4.78, 5) is 16.3. The minimum atomic E-state index is -1.19. The first-order valence-electron chi connectivity index (χ1n) is 2.79. The highest BCUT2D eigenvalue weighted by molar-refractivity contribution is 5.77. The predicted octanol–water partition coefficient (Wildman–Crippen LogP) is 0.0112. The maximum absolute atomic E-state index is 9.88. The second-order valence-electron chi connectivity index (χ2n) is 1.68. The Morgan fingerprint density at radius 3 is 3.27 bits per heavy atom. The zero-order chi connectivity index (χ0) is 8.10. The highest BCUT2D eigenvalue weighted by Crippen LogP contribution is 1.82. The van der Waals surface area contributed by atoms with Gasteiger partial charge in [0.15, 0.2) is 0 Å². The zero-order valence-electron chi connectivity index (χ0n) is 5.48. The molecular formula is C5H6N4O2. The van der Waals surface area contributed by atoms with Crippen molar-refractivity contribution < 1.29 is 9.90 Å². The number of imidazole rings is 1. The third kappa shape index (κ3) is 2.48. The van der Waals surface area contributed by atoms with Gasteiger partial charge in [0.25, 0.3) is 0 Å². The van der Waals surface area contributed by atoms with Gasteiger partial charge in [0.1, 0.15) is 0 Å². The lowest BCUT2D eigenvalue weighted by Gasteiger charge is -1.86. The fourth-order valence-corrected chi connectivity index (χ4v) is 0.494. The number of rotatable bonds is 2. The summed E-state index contributed by atoms with van der Waals surface area (Å²) >= 11 is 0. The Balaban J connectivity index is 2.43. The molecule has 0 atom stereocenters. The molecule has 0 spiro atoms. The number of carbonyl (C=O) groups is 1. The summed E-state index contributed by atoms with van der Waals surface area (Å²) in [5, 5.41) is 11.5. The minimum Gasteiger partial charge on any atom is -0.464 e. The largest absolute Gasteiger partial charge is 0.464 e. The van der Waals surface area contributed by atoms with Crippen LogP contribution in [0.15, 0.2) is 17.6 Å². The van der Waals surface area contributed by atoms with Crippen LogP contribution in [0.25, 0.3) is 0 Å². The van der Waals surface area contributed by atoms with Crippen molar-refractivity contribution in [2.24, 2.45) is 5.10 Å². The Labute approximate surface area is 62.0 Å². The normalized spacial score (nSPS) is 10.2. The summed E-state index contributed by atoms with van der Waals surface area (Å²) in [6.45, 7) is 0. The molecule has 0 saturated carbocycles. The summed E-state index contributed by atoms with van der Waals surface area (Å²) in [7, 11) is 0. The van der Waals surface area contributed by atoms with Gasteiger partial charge in [-0.2, -0.15) is 5.10 Å². The number of hydrogen-bond donors (Lipinski definition) is 3. The molecule has 1 amide bonds. The lowest BCUT2D eigenvalue weighted by atomic mass is 10.5. The van der Waals surface area contributed by atoms with Crippen LogP contribution in [0.4, 0.5) is 4.79 Å². The molecule has 0 bridgehead atoms. The molecule has 1 aromatic rings. The van der Waals surface area contributed by atoms with Crippen LogP contribution < -0.4 is 5.43 Å². The Hall–Kier alpha value is -1.85. The molecule has 1 rings (SSSR count). The van der Waals surface area contributed by atoms with Crippen LogP contribution >= 0.6 is 0 Å².